The first-order chi connectivity index (χ1) is 11.3. The highest BCUT2D eigenvalue weighted by Crippen LogP contribution is 2.29. The lowest BCUT2D eigenvalue weighted by Crippen LogP contribution is -2.18. The quantitative estimate of drug-likeness (QED) is 0.626. The highest BCUT2D eigenvalue weighted by molar-refractivity contribution is 5.85. The van der Waals surface area contributed by atoms with Crippen molar-refractivity contribution >= 4 is 28.0 Å². The van der Waals surface area contributed by atoms with Crippen molar-refractivity contribution in [1.82, 2.24) is 19.9 Å². The molecule has 0 spiro atoms. The van der Waals surface area contributed by atoms with E-state index in [2.05, 4.69) is 37.8 Å². The monoisotopic (exact) mass is 307 g/mol. The van der Waals surface area contributed by atoms with Crippen LogP contribution in [0.1, 0.15) is 18.2 Å². The van der Waals surface area contributed by atoms with E-state index in [1.54, 1.807) is 12.7 Å². The van der Waals surface area contributed by atoms with E-state index in [9.17, 15) is 0 Å². The zero-order valence-corrected chi connectivity index (χ0v) is 13.1. The van der Waals surface area contributed by atoms with Gasteiger partial charge in [-0.25, -0.2) is 15.0 Å². The molecule has 0 aliphatic rings. The first kappa shape index (κ1) is 13.8. The number of benzene rings is 1. The number of anilines is 1. The topological polar surface area (TPSA) is 70.8 Å². The molecular formula is C17H17N5O. The average molecular weight is 307 g/mol. The van der Waals surface area contributed by atoms with Crippen LogP contribution in [0.15, 0.2) is 41.3 Å². The van der Waals surface area contributed by atoms with E-state index in [0.717, 1.165) is 34.5 Å². The maximum absolute atomic E-state index is 5.98. The van der Waals surface area contributed by atoms with Gasteiger partial charge >= 0.3 is 0 Å². The van der Waals surface area contributed by atoms with Gasteiger partial charge in [-0.1, -0.05) is 25.1 Å². The molecule has 4 rings (SSSR count). The van der Waals surface area contributed by atoms with E-state index in [1.165, 1.54) is 5.56 Å². The van der Waals surface area contributed by atoms with E-state index < -0.39 is 0 Å². The summed E-state index contributed by atoms with van der Waals surface area (Å²) >= 11 is 0. The van der Waals surface area contributed by atoms with Crippen LogP contribution >= 0.6 is 0 Å². The SMILES string of the molecule is CCc1oc2ccccc2c1CN(C)c1ncnc2nc[nH]c12. The molecule has 6 heteroatoms. The zero-order valence-electron chi connectivity index (χ0n) is 13.1. The minimum Gasteiger partial charge on any atom is -0.461 e. The van der Waals surface area contributed by atoms with E-state index >= 15 is 0 Å². The van der Waals surface area contributed by atoms with Gasteiger partial charge in [-0.3, -0.25) is 0 Å². The molecule has 6 nitrogen and oxygen atoms in total. The molecule has 0 unspecified atom stereocenters. The lowest BCUT2D eigenvalue weighted by Gasteiger charge is -2.18. The van der Waals surface area contributed by atoms with Gasteiger partial charge in [0.25, 0.3) is 0 Å². The molecule has 0 bridgehead atoms. The second-order valence-corrected chi connectivity index (χ2v) is 5.51. The maximum atomic E-state index is 5.98. The van der Waals surface area contributed by atoms with Gasteiger partial charge in [0, 0.05) is 31.0 Å². The van der Waals surface area contributed by atoms with Crippen molar-refractivity contribution in [2.45, 2.75) is 19.9 Å². The van der Waals surface area contributed by atoms with Gasteiger partial charge in [-0.05, 0) is 6.07 Å². The molecule has 3 heterocycles. The Hall–Kier alpha value is -2.89. The number of hydrogen-bond donors (Lipinski definition) is 1. The summed E-state index contributed by atoms with van der Waals surface area (Å²) in [7, 11) is 2.02. The van der Waals surface area contributed by atoms with Gasteiger partial charge in [-0.15, -0.1) is 0 Å². The summed E-state index contributed by atoms with van der Waals surface area (Å²) in [6, 6.07) is 8.15. The Morgan fingerprint density at radius 3 is 2.91 bits per heavy atom. The molecule has 116 valence electrons. The standard InChI is InChI=1S/C17H17N5O/c1-3-13-12(11-6-4-5-7-14(11)23-13)8-22(2)17-15-16(19-9-18-15)20-10-21-17/h4-7,9-10H,3,8H2,1-2H3,(H,18,19,20,21). The number of aromatic amines is 1. The first-order valence-electron chi connectivity index (χ1n) is 7.62. The third kappa shape index (κ3) is 2.23. The van der Waals surface area contributed by atoms with Crippen LogP contribution in [0.25, 0.3) is 22.1 Å². The van der Waals surface area contributed by atoms with Crippen molar-refractivity contribution in [3.05, 3.63) is 48.2 Å². The first-order valence-corrected chi connectivity index (χ1v) is 7.62. The van der Waals surface area contributed by atoms with E-state index in [0.29, 0.717) is 12.2 Å². The van der Waals surface area contributed by atoms with Crippen molar-refractivity contribution in [2.75, 3.05) is 11.9 Å². The Balaban J connectivity index is 1.77. The lowest BCUT2D eigenvalue weighted by atomic mass is 10.1. The molecule has 0 saturated heterocycles. The summed E-state index contributed by atoms with van der Waals surface area (Å²) in [6.07, 6.45) is 4.05. The number of hydrogen-bond acceptors (Lipinski definition) is 5. The second-order valence-electron chi connectivity index (χ2n) is 5.51. The number of nitrogens with one attached hydrogen (secondary N) is 1. The third-order valence-electron chi connectivity index (χ3n) is 4.06. The molecule has 1 N–H and O–H groups in total. The Morgan fingerprint density at radius 2 is 2.04 bits per heavy atom. The lowest BCUT2D eigenvalue weighted by molar-refractivity contribution is 0.549. The van der Waals surface area contributed by atoms with Crippen molar-refractivity contribution in [2.24, 2.45) is 0 Å². The van der Waals surface area contributed by atoms with Crippen molar-refractivity contribution in [3.8, 4) is 0 Å². The van der Waals surface area contributed by atoms with Crippen LogP contribution in [0.4, 0.5) is 5.82 Å². The summed E-state index contributed by atoms with van der Waals surface area (Å²) in [5, 5.41) is 1.16. The maximum Gasteiger partial charge on any atom is 0.182 e. The molecule has 23 heavy (non-hydrogen) atoms. The van der Waals surface area contributed by atoms with Crippen molar-refractivity contribution in [1.29, 1.82) is 0 Å². The number of aromatic nitrogens is 4. The fourth-order valence-electron chi connectivity index (χ4n) is 2.96. The van der Waals surface area contributed by atoms with Crippen LogP contribution < -0.4 is 4.90 Å². The van der Waals surface area contributed by atoms with Crippen LogP contribution in [-0.2, 0) is 13.0 Å². The van der Waals surface area contributed by atoms with Crippen LogP contribution in [0.5, 0.6) is 0 Å². The van der Waals surface area contributed by atoms with Crippen molar-refractivity contribution < 1.29 is 4.42 Å². The number of imidazole rings is 1. The number of nitrogens with zero attached hydrogens (tertiary/aromatic N) is 4. The second kappa shape index (κ2) is 5.39. The predicted molar refractivity (Wildman–Crippen MR) is 89.4 cm³/mol. The summed E-state index contributed by atoms with van der Waals surface area (Å²) in [5.74, 6) is 1.85. The fraction of sp³-hybridized carbons (Fsp3) is 0.235. The number of fused-ring (bicyclic) bond motifs is 2. The molecule has 0 aliphatic heterocycles. The van der Waals surface area contributed by atoms with Crippen LogP contribution in [0, 0.1) is 0 Å². The number of H-pyrrole nitrogens is 1. The predicted octanol–water partition coefficient (Wildman–Crippen LogP) is 3.30. The van der Waals surface area contributed by atoms with Gasteiger partial charge in [0.2, 0.25) is 0 Å². The van der Waals surface area contributed by atoms with Gasteiger partial charge in [0.05, 0.1) is 6.33 Å². The number of rotatable bonds is 4. The molecule has 1 aromatic carbocycles. The third-order valence-corrected chi connectivity index (χ3v) is 4.06. The molecule has 0 amide bonds. The molecule has 0 fully saturated rings. The van der Waals surface area contributed by atoms with Crippen molar-refractivity contribution in [3.63, 3.8) is 0 Å². The summed E-state index contributed by atoms with van der Waals surface area (Å²) in [5.41, 5.74) is 3.66. The van der Waals surface area contributed by atoms with E-state index in [-0.39, 0.29) is 0 Å². The summed E-state index contributed by atoms with van der Waals surface area (Å²) in [6.45, 7) is 2.82. The Morgan fingerprint density at radius 1 is 1.17 bits per heavy atom. The molecule has 0 atom stereocenters. The van der Waals surface area contributed by atoms with Crippen LogP contribution in [0.2, 0.25) is 0 Å². The van der Waals surface area contributed by atoms with Gasteiger partial charge < -0.3 is 14.3 Å². The van der Waals surface area contributed by atoms with Gasteiger partial charge in [0.15, 0.2) is 11.5 Å². The molecule has 4 aromatic rings. The number of para-hydroxylation sites is 1. The van der Waals surface area contributed by atoms with Gasteiger partial charge in [0.1, 0.15) is 23.2 Å². The molecule has 0 aliphatic carbocycles. The average Bonchev–Trinajstić information content (AvgIpc) is 3.19. The smallest absolute Gasteiger partial charge is 0.182 e. The number of furan rings is 1. The minimum absolute atomic E-state index is 0.676. The fourth-order valence-corrected chi connectivity index (χ4v) is 2.96. The summed E-state index contributed by atoms with van der Waals surface area (Å²) in [4.78, 5) is 18.0. The Labute approximate surface area is 133 Å². The van der Waals surface area contributed by atoms with E-state index in [1.807, 2.05) is 25.2 Å². The normalized spacial score (nSPS) is 11.4. The summed E-state index contributed by atoms with van der Waals surface area (Å²) < 4.78 is 5.98. The highest BCUT2D eigenvalue weighted by Gasteiger charge is 2.17. The number of aryl methyl sites for hydroxylation is 1. The zero-order chi connectivity index (χ0) is 15.8. The molecule has 3 aromatic heterocycles. The van der Waals surface area contributed by atoms with Crippen LogP contribution in [0.3, 0.4) is 0 Å². The molecular weight excluding hydrogens is 290 g/mol. The Bertz CT molecular complexity index is 971. The molecule has 0 radical (unpaired) electrons. The highest BCUT2D eigenvalue weighted by atomic mass is 16.3. The molecule has 0 saturated carbocycles. The van der Waals surface area contributed by atoms with Gasteiger partial charge in [-0.2, -0.15) is 0 Å². The minimum atomic E-state index is 0.676. The Kier molecular flexibility index (Phi) is 3.22. The largest absolute Gasteiger partial charge is 0.461 e. The van der Waals surface area contributed by atoms with Crippen LogP contribution in [-0.4, -0.2) is 27.0 Å². The van der Waals surface area contributed by atoms with E-state index in [4.69, 9.17) is 4.42 Å².